The van der Waals surface area contributed by atoms with E-state index < -0.39 is 0 Å². The van der Waals surface area contributed by atoms with Crippen molar-refractivity contribution >= 4 is 26.9 Å². The van der Waals surface area contributed by atoms with E-state index in [1.54, 1.807) is 18.2 Å². The molecule has 0 saturated carbocycles. The minimum atomic E-state index is -0.0503. The van der Waals surface area contributed by atoms with Gasteiger partial charge in [0, 0.05) is 16.6 Å². The summed E-state index contributed by atoms with van der Waals surface area (Å²) in [5.74, 6) is 0.676. The van der Waals surface area contributed by atoms with Crippen molar-refractivity contribution in [2.24, 2.45) is 0 Å². The summed E-state index contributed by atoms with van der Waals surface area (Å²) in [7, 11) is 0. The second-order valence-electron chi connectivity index (χ2n) is 4.36. The number of hydrogen-bond acceptors (Lipinski definition) is 3. The lowest BCUT2D eigenvalue weighted by Gasteiger charge is -2.07. The lowest BCUT2D eigenvalue weighted by Crippen LogP contribution is -1.99. The lowest BCUT2D eigenvalue weighted by atomic mass is 10.2. The van der Waals surface area contributed by atoms with Crippen LogP contribution in [0, 0.1) is 0 Å². The fourth-order valence-electron chi connectivity index (χ4n) is 1.90. The number of hydrogen-bond donors (Lipinski definition) is 0. The van der Waals surface area contributed by atoms with Gasteiger partial charge in [0.2, 0.25) is 0 Å². The molecular weight excluding hydrogens is 320 g/mol. The number of fused-ring (bicyclic) bond motifs is 1. The Morgan fingerprint density at radius 3 is 2.65 bits per heavy atom. The standard InChI is InChI=1S/C16H11BrO3/c17-12-3-1-11(2-4-12)10-20-13-5-6-14-15(18)7-8-19-16(14)9-13/h1-9H,10H2. The highest BCUT2D eigenvalue weighted by molar-refractivity contribution is 9.10. The highest BCUT2D eigenvalue weighted by atomic mass is 79.9. The summed E-state index contributed by atoms with van der Waals surface area (Å²) < 4.78 is 12.1. The minimum absolute atomic E-state index is 0.0503. The van der Waals surface area contributed by atoms with Gasteiger partial charge in [0.15, 0.2) is 5.43 Å². The highest BCUT2D eigenvalue weighted by Gasteiger charge is 2.02. The van der Waals surface area contributed by atoms with Gasteiger partial charge in [-0.15, -0.1) is 0 Å². The van der Waals surface area contributed by atoms with Crippen LogP contribution < -0.4 is 10.2 Å². The average Bonchev–Trinajstić information content (AvgIpc) is 2.47. The molecule has 3 aromatic rings. The molecule has 0 atom stereocenters. The van der Waals surface area contributed by atoms with Gasteiger partial charge in [-0.05, 0) is 29.8 Å². The number of rotatable bonds is 3. The van der Waals surface area contributed by atoms with Crippen molar-refractivity contribution in [2.75, 3.05) is 0 Å². The van der Waals surface area contributed by atoms with E-state index in [4.69, 9.17) is 9.15 Å². The van der Waals surface area contributed by atoms with Crippen molar-refractivity contribution < 1.29 is 9.15 Å². The number of ether oxygens (including phenoxy) is 1. The Morgan fingerprint density at radius 1 is 1.05 bits per heavy atom. The summed E-state index contributed by atoms with van der Waals surface area (Å²) in [6.07, 6.45) is 1.39. The Kier molecular flexibility index (Phi) is 3.56. The third-order valence-electron chi connectivity index (χ3n) is 2.95. The summed E-state index contributed by atoms with van der Waals surface area (Å²) in [6.45, 7) is 0.468. The molecule has 3 nitrogen and oxygen atoms in total. The SMILES string of the molecule is O=c1ccoc2cc(OCc3ccc(Br)cc3)ccc12. The maximum Gasteiger partial charge on any atom is 0.192 e. The zero-order valence-electron chi connectivity index (χ0n) is 10.5. The van der Waals surface area contributed by atoms with Crippen molar-refractivity contribution in [3.63, 3.8) is 0 Å². The van der Waals surface area contributed by atoms with Crippen LogP contribution in [0.3, 0.4) is 0 Å². The zero-order chi connectivity index (χ0) is 13.9. The molecular formula is C16H11BrO3. The van der Waals surface area contributed by atoms with Crippen LogP contribution in [-0.4, -0.2) is 0 Å². The highest BCUT2D eigenvalue weighted by Crippen LogP contribution is 2.20. The van der Waals surface area contributed by atoms with E-state index in [1.807, 2.05) is 24.3 Å². The van der Waals surface area contributed by atoms with Gasteiger partial charge in [0.1, 0.15) is 17.9 Å². The second-order valence-corrected chi connectivity index (χ2v) is 5.27. The van der Waals surface area contributed by atoms with Gasteiger partial charge in [-0.3, -0.25) is 4.79 Å². The first-order chi connectivity index (χ1) is 9.72. The molecule has 1 aromatic heterocycles. The molecule has 0 fully saturated rings. The molecule has 100 valence electrons. The zero-order valence-corrected chi connectivity index (χ0v) is 12.1. The number of halogens is 1. The first-order valence-corrected chi connectivity index (χ1v) is 6.90. The fraction of sp³-hybridized carbons (Fsp3) is 0.0625. The molecule has 0 saturated heterocycles. The van der Waals surface area contributed by atoms with E-state index in [2.05, 4.69) is 15.9 Å². The molecule has 0 unspecified atom stereocenters. The smallest absolute Gasteiger partial charge is 0.192 e. The van der Waals surface area contributed by atoms with E-state index >= 15 is 0 Å². The van der Waals surface area contributed by atoms with E-state index in [-0.39, 0.29) is 5.43 Å². The van der Waals surface area contributed by atoms with E-state index in [9.17, 15) is 4.79 Å². The third-order valence-corrected chi connectivity index (χ3v) is 3.48. The average molecular weight is 331 g/mol. The van der Waals surface area contributed by atoms with Crippen LogP contribution in [0.15, 0.2) is 68.5 Å². The van der Waals surface area contributed by atoms with Crippen LogP contribution >= 0.6 is 15.9 Å². The van der Waals surface area contributed by atoms with Gasteiger partial charge in [0.25, 0.3) is 0 Å². The van der Waals surface area contributed by atoms with Gasteiger partial charge >= 0.3 is 0 Å². The van der Waals surface area contributed by atoms with E-state index in [0.29, 0.717) is 23.3 Å². The molecule has 20 heavy (non-hydrogen) atoms. The monoisotopic (exact) mass is 330 g/mol. The summed E-state index contributed by atoms with van der Waals surface area (Å²) >= 11 is 3.39. The first-order valence-electron chi connectivity index (χ1n) is 6.11. The largest absolute Gasteiger partial charge is 0.489 e. The van der Waals surface area contributed by atoms with E-state index in [1.165, 1.54) is 12.3 Å². The molecule has 0 aliphatic heterocycles. The summed E-state index contributed by atoms with van der Waals surface area (Å²) in [4.78, 5) is 11.6. The van der Waals surface area contributed by atoms with Crippen molar-refractivity contribution in [1.29, 1.82) is 0 Å². The molecule has 3 rings (SSSR count). The maximum absolute atomic E-state index is 11.6. The predicted molar refractivity (Wildman–Crippen MR) is 81.0 cm³/mol. The van der Waals surface area contributed by atoms with Gasteiger partial charge in [-0.1, -0.05) is 28.1 Å². The Labute approximate surface area is 123 Å². The van der Waals surface area contributed by atoms with Crippen LogP contribution in [0.4, 0.5) is 0 Å². The predicted octanol–water partition coefficient (Wildman–Crippen LogP) is 4.13. The van der Waals surface area contributed by atoms with Crippen LogP contribution in [0.5, 0.6) is 5.75 Å². The normalized spacial score (nSPS) is 10.7. The van der Waals surface area contributed by atoms with Crippen molar-refractivity contribution in [1.82, 2.24) is 0 Å². The first kappa shape index (κ1) is 12.9. The molecule has 4 heteroatoms. The lowest BCUT2D eigenvalue weighted by molar-refractivity contribution is 0.306. The third kappa shape index (κ3) is 2.75. The minimum Gasteiger partial charge on any atom is -0.489 e. The molecule has 0 radical (unpaired) electrons. The maximum atomic E-state index is 11.6. The Bertz CT molecular complexity index is 791. The van der Waals surface area contributed by atoms with Gasteiger partial charge in [0.05, 0.1) is 11.6 Å². The van der Waals surface area contributed by atoms with Crippen LogP contribution in [-0.2, 0) is 6.61 Å². The Hall–Kier alpha value is -2.07. The van der Waals surface area contributed by atoms with Crippen molar-refractivity contribution in [2.45, 2.75) is 6.61 Å². The Morgan fingerprint density at radius 2 is 1.85 bits per heavy atom. The number of benzene rings is 2. The van der Waals surface area contributed by atoms with Gasteiger partial charge in [-0.2, -0.15) is 0 Å². The molecule has 0 aliphatic rings. The molecule has 0 spiro atoms. The molecule has 0 N–H and O–H groups in total. The van der Waals surface area contributed by atoms with Crippen LogP contribution in [0.25, 0.3) is 11.0 Å². The molecule has 0 aliphatic carbocycles. The summed E-state index contributed by atoms with van der Waals surface area (Å²) in [5, 5.41) is 0.559. The van der Waals surface area contributed by atoms with Gasteiger partial charge < -0.3 is 9.15 Å². The summed E-state index contributed by atoms with van der Waals surface area (Å²) in [5.41, 5.74) is 1.55. The molecule has 0 bridgehead atoms. The second kappa shape index (κ2) is 5.51. The molecule has 2 aromatic carbocycles. The van der Waals surface area contributed by atoms with Crippen LogP contribution in [0.2, 0.25) is 0 Å². The van der Waals surface area contributed by atoms with Gasteiger partial charge in [-0.25, -0.2) is 0 Å². The fourth-order valence-corrected chi connectivity index (χ4v) is 2.16. The quantitative estimate of drug-likeness (QED) is 0.724. The molecule has 0 amide bonds. The van der Waals surface area contributed by atoms with Crippen LogP contribution in [0.1, 0.15) is 5.56 Å². The van der Waals surface area contributed by atoms with E-state index in [0.717, 1.165) is 10.0 Å². The Balaban J connectivity index is 1.81. The molecule has 1 heterocycles. The summed E-state index contributed by atoms with van der Waals surface area (Å²) in [6, 6.07) is 14.6. The van der Waals surface area contributed by atoms with Crippen molar-refractivity contribution in [3.05, 3.63) is 75.1 Å². The topological polar surface area (TPSA) is 39.4 Å². The van der Waals surface area contributed by atoms with Crippen molar-refractivity contribution in [3.8, 4) is 5.75 Å².